The van der Waals surface area contributed by atoms with E-state index in [1.54, 1.807) is 0 Å². The van der Waals surface area contributed by atoms with Crippen molar-refractivity contribution in [1.29, 1.82) is 0 Å². The summed E-state index contributed by atoms with van der Waals surface area (Å²) in [4.78, 5) is 0. The third-order valence-corrected chi connectivity index (χ3v) is 5.62. The van der Waals surface area contributed by atoms with Gasteiger partial charge in [0.2, 0.25) is 0 Å². The molecule has 0 heterocycles. The van der Waals surface area contributed by atoms with Crippen LogP contribution in [0.3, 0.4) is 0 Å². The van der Waals surface area contributed by atoms with Crippen molar-refractivity contribution in [2.45, 2.75) is 69.2 Å². The van der Waals surface area contributed by atoms with E-state index in [9.17, 15) is 0 Å². The van der Waals surface area contributed by atoms with Gasteiger partial charge in [-0.15, -0.1) is 0 Å². The molecular formula is C20H30Cl2Rh-. The van der Waals surface area contributed by atoms with E-state index in [-0.39, 0.29) is 15.1 Å². The maximum atomic E-state index is 4.83. The number of halogens is 2. The van der Waals surface area contributed by atoms with Crippen molar-refractivity contribution in [2.75, 3.05) is 0 Å². The minimum atomic E-state index is -0.226. The first kappa shape index (κ1) is 22.9. The average Bonchev–Trinajstić information content (AvgIpc) is 2.80. The fraction of sp³-hybridized carbons (Fsp3) is 0.500. The number of rotatable bonds is 0. The Kier molecular flexibility index (Phi) is 9.98. The van der Waals surface area contributed by atoms with Crippen LogP contribution in [0.2, 0.25) is 0 Å². The van der Waals surface area contributed by atoms with Crippen LogP contribution in [0, 0.1) is 69.2 Å². The molecule has 0 saturated heterocycles. The van der Waals surface area contributed by atoms with Gasteiger partial charge in [0.15, 0.2) is 0 Å². The van der Waals surface area contributed by atoms with Gasteiger partial charge < -0.3 is 0 Å². The van der Waals surface area contributed by atoms with Gasteiger partial charge in [-0.3, -0.25) is 0 Å². The van der Waals surface area contributed by atoms with Crippen molar-refractivity contribution in [3.63, 3.8) is 0 Å². The monoisotopic (exact) mass is 443 g/mol. The molecule has 0 atom stereocenters. The Hall–Kier alpha value is -0.0966. The van der Waals surface area contributed by atoms with Gasteiger partial charge in [-0.2, -0.15) is 55.6 Å². The molecule has 0 saturated carbocycles. The molecule has 0 aliphatic carbocycles. The third-order valence-electron chi connectivity index (χ3n) is 5.62. The quantitative estimate of drug-likeness (QED) is 0.296. The van der Waals surface area contributed by atoms with Crippen molar-refractivity contribution in [1.82, 2.24) is 0 Å². The van der Waals surface area contributed by atoms with Crippen LogP contribution in [-0.2, 0) is 15.1 Å². The molecule has 2 aromatic carbocycles. The SMILES string of the molecule is Cc1c(C)c(C)[c-](C)c1C.Cc1c(C)c(C)[c-](C)c1C.[Cl][Rh+][Cl]. The summed E-state index contributed by atoms with van der Waals surface area (Å²) < 4.78 is 0. The van der Waals surface area contributed by atoms with Crippen molar-refractivity contribution in [2.24, 2.45) is 0 Å². The summed E-state index contributed by atoms with van der Waals surface area (Å²) in [5, 5.41) is 0. The van der Waals surface area contributed by atoms with E-state index in [0.717, 1.165) is 0 Å². The van der Waals surface area contributed by atoms with E-state index >= 15 is 0 Å². The summed E-state index contributed by atoms with van der Waals surface area (Å²) >= 11 is -0.226. The van der Waals surface area contributed by atoms with Gasteiger partial charge in [0, 0.05) is 0 Å². The molecule has 134 valence electrons. The molecule has 23 heavy (non-hydrogen) atoms. The summed E-state index contributed by atoms with van der Waals surface area (Å²) in [6.45, 7) is 22.0. The Morgan fingerprint density at radius 3 is 0.696 bits per heavy atom. The molecule has 0 N–H and O–H groups in total. The van der Waals surface area contributed by atoms with Crippen LogP contribution in [0.4, 0.5) is 0 Å². The Bertz CT molecular complexity index is 429. The molecule has 0 unspecified atom stereocenters. The fourth-order valence-corrected chi connectivity index (χ4v) is 2.81. The molecule has 0 amide bonds. The van der Waals surface area contributed by atoms with E-state index in [4.69, 9.17) is 19.4 Å². The molecule has 0 spiro atoms. The first-order valence-electron chi connectivity index (χ1n) is 7.75. The Balaban J connectivity index is 0.000000360. The molecule has 0 nitrogen and oxygen atoms in total. The Morgan fingerprint density at radius 1 is 0.522 bits per heavy atom. The first-order chi connectivity index (χ1) is 10.5. The topological polar surface area (TPSA) is 0 Å². The van der Waals surface area contributed by atoms with E-state index in [2.05, 4.69) is 69.2 Å². The molecule has 3 heteroatoms. The summed E-state index contributed by atoms with van der Waals surface area (Å²) in [7, 11) is 9.67. The van der Waals surface area contributed by atoms with E-state index in [1.807, 2.05) is 0 Å². The van der Waals surface area contributed by atoms with Gasteiger partial charge in [-0.05, 0) is 0 Å². The van der Waals surface area contributed by atoms with Gasteiger partial charge in [0.1, 0.15) is 0 Å². The Labute approximate surface area is 159 Å². The van der Waals surface area contributed by atoms with Crippen LogP contribution in [0.1, 0.15) is 55.6 Å². The van der Waals surface area contributed by atoms with Crippen LogP contribution in [0.25, 0.3) is 0 Å². The second-order valence-electron chi connectivity index (χ2n) is 6.30. The molecule has 0 aliphatic heterocycles. The zero-order chi connectivity index (χ0) is 18.5. The van der Waals surface area contributed by atoms with Gasteiger partial charge in [-0.1, -0.05) is 69.2 Å². The molecule has 0 radical (unpaired) electrons. The summed E-state index contributed by atoms with van der Waals surface area (Å²) in [6.07, 6.45) is 0. The van der Waals surface area contributed by atoms with E-state index in [0.29, 0.717) is 0 Å². The van der Waals surface area contributed by atoms with Crippen LogP contribution >= 0.6 is 19.4 Å². The predicted octanol–water partition coefficient (Wildman–Crippen LogP) is 7.27. The third kappa shape index (κ3) is 5.45. The first-order valence-corrected chi connectivity index (χ1v) is 12.0. The van der Waals surface area contributed by atoms with E-state index < -0.39 is 0 Å². The van der Waals surface area contributed by atoms with Crippen molar-refractivity contribution in [3.05, 3.63) is 55.6 Å². The molecule has 2 aromatic rings. The van der Waals surface area contributed by atoms with Crippen LogP contribution in [0.5, 0.6) is 0 Å². The second kappa shape index (κ2) is 10.0. The standard InChI is InChI=1S/2C10H15.2ClH.Rh/c2*1-6-7(2)9(4)10(5)8(6)3;;;/h2*1-5H3;2*1H;/q2*-1;;;+3/p-2. The van der Waals surface area contributed by atoms with Crippen molar-refractivity contribution < 1.29 is 15.1 Å². The molecular weight excluding hydrogens is 414 g/mol. The van der Waals surface area contributed by atoms with Crippen LogP contribution in [0.15, 0.2) is 0 Å². The van der Waals surface area contributed by atoms with Gasteiger partial charge in [0.25, 0.3) is 0 Å². The molecule has 0 aliphatic rings. The number of hydrogen-bond acceptors (Lipinski definition) is 0. The minimum absolute atomic E-state index is 0.226. The predicted molar refractivity (Wildman–Crippen MR) is 103 cm³/mol. The van der Waals surface area contributed by atoms with Gasteiger partial charge in [0.05, 0.1) is 0 Å². The van der Waals surface area contributed by atoms with Crippen LogP contribution in [-0.4, -0.2) is 0 Å². The van der Waals surface area contributed by atoms with Crippen molar-refractivity contribution in [3.8, 4) is 0 Å². The molecule has 2 rings (SSSR count). The fourth-order valence-electron chi connectivity index (χ4n) is 2.81. The summed E-state index contributed by atoms with van der Waals surface area (Å²) in [5.74, 6) is 0. The second-order valence-corrected chi connectivity index (χ2v) is 8.79. The Morgan fingerprint density at radius 2 is 0.652 bits per heavy atom. The van der Waals surface area contributed by atoms with Crippen molar-refractivity contribution >= 4 is 19.4 Å². The molecule has 0 bridgehead atoms. The normalized spacial score (nSPS) is 10.1. The summed E-state index contributed by atoms with van der Waals surface area (Å²) in [5.41, 5.74) is 14.7. The van der Waals surface area contributed by atoms with E-state index in [1.165, 1.54) is 55.6 Å². The van der Waals surface area contributed by atoms with Crippen LogP contribution < -0.4 is 0 Å². The maximum absolute atomic E-state index is 4.83. The molecule has 0 aromatic heterocycles. The zero-order valence-electron chi connectivity index (χ0n) is 16.1. The zero-order valence-corrected chi connectivity index (χ0v) is 19.2. The van der Waals surface area contributed by atoms with Gasteiger partial charge >= 0.3 is 34.5 Å². The average molecular weight is 444 g/mol. The number of hydrogen-bond donors (Lipinski definition) is 0. The summed E-state index contributed by atoms with van der Waals surface area (Å²) in [6, 6.07) is 0. The molecule has 0 fully saturated rings. The van der Waals surface area contributed by atoms with Gasteiger partial charge in [-0.25, -0.2) is 0 Å².